The molecule has 1 aliphatic rings. The summed E-state index contributed by atoms with van der Waals surface area (Å²) in [6, 6.07) is 0. The normalized spacial score (nSPS) is 16.5. The summed E-state index contributed by atoms with van der Waals surface area (Å²) in [5, 5.41) is 14.8. The Hall–Kier alpha value is -2.12. The quantitative estimate of drug-likeness (QED) is 0.710. The minimum absolute atomic E-state index is 0.0553. The third-order valence-electron chi connectivity index (χ3n) is 3.37. The van der Waals surface area contributed by atoms with Gasteiger partial charge in [0.05, 0.1) is 0 Å². The monoisotopic (exact) mass is 267 g/mol. The van der Waals surface area contributed by atoms with Gasteiger partial charge < -0.3 is 15.7 Å². The van der Waals surface area contributed by atoms with Crippen molar-refractivity contribution in [3.8, 4) is 0 Å². The van der Waals surface area contributed by atoms with Crippen molar-refractivity contribution in [2.45, 2.75) is 25.7 Å². The Morgan fingerprint density at radius 3 is 2.63 bits per heavy atom. The van der Waals surface area contributed by atoms with E-state index in [1.165, 1.54) is 0 Å². The number of aromatic amines is 1. The van der Waals surface area contributed by atoms with Crippen LogP contribution in [0.5, 0.6) is 0 Å². The van der Waals surface area contributed by atoms with Gasteiger partial charge in [-0.25, -0.2) is 0 Å². The van der Waals surface area contributed by atoms with Crippen molar-refractivity contribution in [2.75, 3.05) is 18.8 Å². The summed E-state index contributed by atoms with van der Waals surface area (Å²) in [6.45, 7) is 1.23. The summed E-state index contributed by atoms with van der Waals surface area (Å²) >= 11 is 0. The highest BCUT2D eigenvalue weighted by Crippen LogP contribution is 2.22. The number of H-pyrrole nitrogens is 1. The van der Waals surface area contributed by atoms with Gasteiger partial charge >= 0.3 is 5.97 Å². The molecule has 19 heavy (non-hydrogen) atoms. The van der Waals surface area contributed by atoms with E-state index in [1.54, 1.807) is 4.90 Å². The molecule has 0 atom stereocenters. The second kappa shape index (κ2) is 5.68. The van der Waals surface area contributed by atoms with Gasteiger partial charge in [-0.05, 0) is 25.2 Å². The van der Waals surface area contributed by atoms with E-state index in [2.05, 4.69) is 15.2 Å². The van der Waals surface area contributed by atoms with Crippen molar-refractivity contribution >= 4 is 17.8 Å². The van der Waals surface area contributed by atoms with Crippen LogP contribution in [0.15, 0.2) is 0 Å². The van der Waals surface area contributed by atoms with Crippen LogP contribution in [0.3, 0.4) is 0 Å². The molecule has 0 radical (unpaired) electrons. The molecule has 1 aromatic rings. The molecule has 0 aliphatic carbocycles. The molecule has 2 rings (SSSR count). The minimum atomic E-state index is -0.768. The Labute approximate surface area is 110 Å². The van der Waals surface area contributed by atoms with Crippen LogP contribution in [-0.2, 0) is 4.79 Å². The lowest BCUT2D eigenvalue weighted by molar-refractivity contribution is -0.137. The highest BCUT2D eigenvalue weighted by atomic mass is 16.4. The number of carboxylic acids is 1. The molecule has 1 aromatic heterocycles. The number of amides is 1. The third-order valence-corrected chi connectivity index (χ3v) is 3.37. The van der Waals surface area contributed by atoms with Crippen LogP contribution in [0.1, 0.15) is 36.3 Å². The highest BCUT2D eigenvalue weighted by molar-refractivity contribution is 5.90. The molecule has 104 valence electrons. The number of anilines is 1. The smallest absolute Gasteiger partial charge is 0.303 e. The number of likely N-dealkylation sites (tertiary alicyclic amines) is 1. The Morgan fingerprint density at radius 1 is 1.42 bits per heavy atom. The van der Waals surface area contributed by atoms with Crippen LogP contribution in [0.4, 0.5) is 5.95 Å². The zero-order valence-electron chi connectivity index (χ0n) is 10.5. The van der Waals surface area contributed by atoms with E-state index < -0.39 is 5.97 Å². The summed E-state index contributed by atoms with van der Waals surface area (Å²) < 4.78 is 0. The maximum Gasteiger partial charge on any atom is 0.303 e. The lowest BCUT2D eigenvalue weighted by atomic mass is 9.92. The lowest BCUT2D eigenvalue weighted by Gasteiger charge is -2.31. The number of carbonyl (C=O) groups excluding carboxylic acids is 1. The van der Waals surface area contributed by atoms with Crippen LogP contribution in [0.25, 0.3) is 0 Å². The van der Waals surface area contributed by atoms with Gasteiger partial charge in [-0.15, -0.1) is 5.10 Å². The highest BCUT2D eigenvalue weighted by Gasteiger charge is 2.25. The first kappa shape index (κ1) is 13.3. The van der Waals surface area contributed by atoms with Gasteiger partial charge in [0.15, 0.2) is 0 Å². The van der Waals surface area contributed by atoms with E-state index in [1.807, 2.05) is 0 Å². The zero-order chi connectivity index (χ0) is 13.8. The summed E-state index contributed by atoms with van der Waals surface area (Å²) in [6.07, 6.45) is 2.51. The van der Waals surface area contributed by atoms with Crippen LogP contribution in [0, 0.1) is 5.92 Å². The molecular formula is C11H17N5O3. The largest absolute Gasteiger partial charge is 0.481 e. The fourth-order valence-corrected chi connectivity index (χ4v) is 2.27. The Kier molecular flexibility index (Phi) is 3.98. The van der Waals surface area contributed by atoms with E-state index in [9.17, 15) is 9.59 Å². The average Bonchev–Trinajstić information content (AvgIpc) is 2.83. The number of nitrogens with zero attached hydrogens (tertiary/aromatic N) is 3. The van der Waals surface area contributed by atoms with Crippen LogP contribution >= 0.6 is 0 Å². The first-order chi connectivity index (χ1) is 9.06. The van der Waals surface area contributed by atoms with Gasteiger partial charge in [0.1, 0.15) is 0 Å². The third kappa shape index (κ3) is 3.43. The van der Waals surface area contributed by atoms with E-state index in [0.717, 1.165) is 12.8 Å². The number of carboxylic acid groups (broad SMARTS) is 1. The fraction of sp³-hybridized carbons (Fsp3) is 0.636. The molecule has 8 nitrogen and oxygen atoms in total. The fourth-order valence-electron chi connectivity index (χ4n) is 2.27. The Bertz CT molecular complexity index is 465. The van der Waals surface area contributed by atoms with Gasteiger partial charge in [-0.2, -0.15) is 4.98 Å². The van der Waals surface area contributed by atoms with Crippen LogP contribution in [0.2, 0.25) is 0 Å². The number of nitrogens with one attached hydrogen (secondary N) is 1. The molecule has 0 saturated carbocycles. The number of carbonyl (C=O) groups is 2. The molecule has 0 spiro atoms. The molecule has 1 aliphatic heterocycles. The molecule has 0 bridgehead atoms. The zero-order valence-corrected chi connectivity index (χ0v) is 10.5. The van der Waals surface area contributed by atoms with Crippen molar-refractivity contribution in [1.82, 2.24) is 20.1 Å². The standard InChI is InChI=1S/C11H17N5O3/c12-11-13-9(14-15-11)10(19)16-5-3-7(4-6-16)1-2-8(17)18/h7H,1-6H2,(H,17,18)(H3,12,13,14,15). The number of hydrogen-bond acceptors (Lipinski definition) is 5. The van der Waals surface area contributed by atoms with Crippen molar-refractivity contribution in [3.05, 3.63) is 5.82 Å². The minimum Gasteiger partial charge on any atom is -0.481 e. The van der Waals surface area contributed by atoms with E-state index in [4.69, 9.17) is 10.8 Å². The van der Waals surface area contributed by atoms with Gasteiger partial charge in [0.25, 0.3) is 5.91 Å². The van der Waals surface area contributed by atoms with Gasteiger partial charge in [-0.1, -0.05) is 0 Å². The van der Waals surface area contributed by atoms with E-state index >= 15 is 0 Å². The molecule has 0 aromatic carbocycles. The second-order valence-electron chi connectivity index (χ2n) is 4.71. The number of nitrogens with two attached hydrogens (primary N) is 1. The van der Waals surface area contributed by atoms with Crippen LogP contribution < -0.4 is 5.73 Å². The number of nitrogen functional groups attached to an aromatic ring is 1. The van der Waals surface area contributed by atoms with Crippen LogP contribution in [-0.4, -0.2) is 50.2 Å². The summed E-state index contributed by atoms with van der Waals surface area (Å²) in [5.74, 6) is -0.391. The molecule has 1 saturated heterocycles. The number of piperidine rings is 1. The molecular weight excluding hydrogens is 250 g/mol. The van der Waals surface area contributed by atoms with Gasteiger partial charge in [0, 0.05) is 19.5 Å². The molecule has 8 heteroatoms. The molecule has 0 unspecified atom stereocenters. The molecule has 2 heterocycles. The molecule has 1 amide bonds. The first-order valence-electron chi connectivity index (χ1n) is 6.25. The summed E-state index contributed by atoms with van der Waals surface area (Å²) in [4.78, 5) is 28.0. The maximum absolute atomic E-state index is 12.0. The summed E-state index contributed by atoms with van der Waals surface area (Å²) in [5.41, 5.74) is 5.36. The van der Waals surface area contributed by atoms with E-state index in [-0.39, 0.29) is 24.1 Å². The average molecular weight is 267 g/mol. The first-order valence-corrected chi connectivity index (χ1v) is 6.25. The second-order valence-corrected chi connectivity index (χ2v) is 4.71. The predicted octanol–water partition coefficient (Wildman–Crippen LogP) is 0.104. The SMILES string of the molecule is Nc1n[nH]c(C(=O)N2CCC(CCC(=O)O)CC2)n1. The number of rotatable bonds is 4. The van der Waals surface area contributed by atoms with Crippen molar-refractivity contribution < 1.29 is 14.7 Å². The topological polar surface area (TPSA) is 125 Å². The molecule has 4 N–H and O–H groups in total. The molecule has 1 fully saturated rings. The maximum atomic E-state index is 12.0. The van der Waals surface area contributed by atoms with Crippen molar-refractivity contribution in [1.29, 1.82) is 0 Å². The number of aliphatic carboxylic acids is 1. The Balaban J connectivity index is 1.83. The van der Waals surface area contributed by atoms with Crippen molar-refractivity contribution in [3.63, 3.8) is 0 Å². The number of hydrogen-bond donors (Lipinski definition) is 3. The van der Waals surface area contributed by atoms with Crippen molar-refractivity contribution in [2.24, 2.45) is 5.92 Å². The summed E-state index contributed by atoms with van der Waals surface area (Å²) in [7, 11) is 0. The van der Waals surface area contributed by atoms with Gasteiger partial charge in [0.2, 0.25) is 11.8 Å². The lowest BCUT2D eigenvalue weighted by Crippen LogP contribution is -2.39. The van der Waals surface area contributed by atoms with E-state index in [0.29, 0.717) is 25.4 Å². The Morgan fingerprint density at radius 2 is 2.11 bits per heavy atom. The predicted molar refractivity (Wildman–Crippen MR) is 66.3 cm³/mol. The van der Waals surface area contributed by atoms with Gasteiger partial charge in [-0.3, -0.25) is 14.7 Å². The number of aromatic nitrogens is 3.